The van der Waals surface area contributed by atoms with E-state index in [1.807, 2.05) is 24.4 Å². The molecule has 110 valence electrons. The third kappa shape index (κ3) is 3.15. The number of hydrogen-bond acceptors (Lipinski definition) is 3. The first-order chi connectivity index (χ1) is 9.44. The Bertz CT molecular complexity index is 686. The maximum atomic E-state index is 11.8. The molecular weight excluding hydrogens is 274 g/mol. The Hall–Kier alpha value is -1.49. The second kappa shape index (κ2) is 5.87. The van der Waals surface area contributed by atoms with Crippen LogP contribution in [0.3, 0.4) is 0 Å². The zero-order valence-electron chi connectivity index (χ0n) is 12.1. The number of aryl methyl sites for hydroxylation is 1. The Kier molecular flexibility index (Phi) is 4.38. The molecule has 1 aromatic carbocycles. The Morgan fingerprint density at radius 2 is 2.05 bits per heavy atom. The predicted octanol–water partition coefficient (Wildman–Crippen LogP) is 2.93. The van der Waals surface area contributed by atoms with Crippen molar-refractivity contribution in [2.75, 3.05) is 12.9 Å². The molecule has 2 rings (SSSR count). The summed E-state index contributed by atoms with van der Waals surface area (Å²) in [6.07, 6.45) is 3.34. The molecule has 1 N–H and O–H groups in total. The van der Waals surface area contributed by atoms with E-state index in [1.165, 1.54) is 0 Å². The van der Waals surface area contributed by atoms with Crippen LogP contribution in [0.5, 0.6) is 5.75 Å². The van der Waals surface area contributed by atoms with E-state index in [9.17, 15) is 8.42 Å². The molecule has 1 aromatic heterocycles. The quantitative estimate of drug-likeness (QED) is 0.891. The maximum absolute atomic E-state index is 11.8. The molecule has 0 saturated carbocycles. The zero-order valence-corrected chi connectivity index (χ0v) is 13.0. The summed E-state index contributed by atoms with van der Waals surface area (Å²) in [6.45, 7) is 3.46. The number of rotatable bonds is 6. The van der Waals surface area contributed by atoms with E-state index < -0.39 is 9.84 Å². The van der Waals surface area contributed by atoms with Crippen LogP contribution in [0, 0.1) is 0 Å². The van der Waals surface area contributed by atoms with Gasteiger partial charge in [-0.25, -0.2) is 8.42 Å². The lowest BCUT2D eigenvalue weighted by molar-refractivity contribution is 0.415. The van der Waals surface area contributed by atoms with Crippen LogP contribution in [-0.4, -0.2) is 31.5 Å². The molecule has 0 bridgehead atoms. The highest BCUT2D eigenvalue weighted by atomic mass is 32.2. The zero-order chi connectivity index (χ0) is 14.8. The van der Waals surface area contributed by atoms with E-state index in [0.29, 0.717) is 6.42 Å². The van der Waals surface area contributed by atoms with Crippen molar-refractivity contribution < 1.29 is 13.2 Å². The fourth-order valence-corrected chi connectivity index (χ4v) is 3.21. The van der Waals surface area contributed by atoms with Gasteiger partial charge < -0.3 is 9.72 Å². The Morgan fingerprint density at radius 1 is 1.30 bits per heavy atom. The number of methoxy groups -OCH3 is 1. The van der Waals surface area contributed by atoms with Crippen molar-refractivity contribution in [1.29, 1.82) is 0 Å². The fourth-order valence-electron chi connectivity index (χ4n) is 2.19. The van der Waals surface area contributed by atoms with Crippen molar-refractivity contribution in [2.24, 2.45) is 0 Å². The molecular formula is C15H21NO3S. The van der Waals surface area contributed by atoms with E-state index in [1.54, 1.807) is 21.0 Å². The number of hydrogen-bond donors (Lipinski definition) is 1. The van der Waals surface area contributed by atoms with Gasteiger partial charge in [-0.05, 0) is 50.5 Å². The molecule has 0 aliphatic rings. The molecule has 0 unspecified atom stereocenters. The number of aromatic amines is 1. The second-order valence-corrected chi connectivity index (χ2v) is 7.92. The standard InChI is InChI=1S/C15H21NO3S/c1-11(2)20(17,18)8-4-5-12-10-16-15-7-6-13(19-3)9-14(12)15/h6-7,9-11,16H,4-5,8H2,1-3H3. The minimum absolute atomic E-state index is 0.237. The molecule has 1 heterocycles. The summed E-state index contributed by atoms with van der Waals surface area (Å²) in [6, 6.07) is 5.87. The molecule has 0 saturated heterocycles. The first-order valence-electron chi connectivity index (χ1n) is 6.79. The molecule has 0 amide bonds. The number of nitrogens with one attached hydrogen (secondary N) is 1. The van der Waals surface area contributed by atoms with Gasteiger partial charge >= 0.3 is 0 Å². The average Bonchev–Trinajstić information content (AvgIpc) is 2.81. The summed E-state index contributed by atoms with van der Waals surface area (Å²) in [5.74, 6) is 1.05. The number of ether oxygens (including phenoxy) is 1. The van der Waals surface area contributed by atoms with Crippen LogP contribution in [-0.2, 0) is 16.3 Å². The average molecular weight is 295 g/mol. The monoisotopic (exact) mass is 295 g/mol. The lowest BCUT2D eigenvalue weighted by Crippen LogP contribution is -2.18. The highest BCUT2D eigenvalue weighted by Crippen LogP contribution is 2.24. The number of H-pyrrole nitrogens is 1. The largest absolute Gasteiger partial charge is 0.497 e. The lowest BCUT2D eigenvalue weighted by Gasteiger charge is -2.07. The molecule has 0 fully saturated rings. The number of sulfone groups is 1. The Labute approximate surface area is 120 Å². The summed E-state index contributed by atoms with van der Waals surface area (Å²) in [5, 5.41) is 0.803. The molecule has 0 atom stereocenters. The number of benzene rings is 1. The molecule has 5 heteroatoms. The van der Waals surface area contributed by atoms with Gasteiger partial charge in [0.15, 0.2) is 9.84 Å². The van der Waals surface area contributed by atoms with Gasteiger partial charge in [-0.15, -0.1) is 0 Å². The highest BCUT2D eigenvalue weighted by Gasteiger charge is 2.15. The van der Waals surface area contributed by atoms with Crippen molar-refractivity contribution in [3.05, 3.63) is 30.0 Å². The SMILES string of the molecule is COc1ccc2[nH]cc(CCCS(=O)(=O)C(C)C)c2c1. The van der Waals surface area contributed by atoms with Crippen molar-refractivity contribution in [2.45, 2.75) is 31.9 Å². The van der Waals surface area contributed by atoms with Gasteiger partial charge in [0.25, 0.3) is 0 Å². The van der Waals surface area contributed by atoms with Gasteiger partial charge in [0.1, 0.15) is 5.75 Å². The van der Waals surface area contributed by atoms with Crippen molar-refractivity contribution >= 4 is 20.7 Å². The summed E-state index contributed by atoms with van der Waals surface area (Å²) < 4.78 is 28.8. The maximum Gasteiger partial charge on any atom is 0.152 e. The van der Waals surface area contributed by atoms with Crippen LogP contribution in [0.25, 0.3) is 10.9 Å². The van der Waals surface area contributed by atoms with E-state index in [4.69, 9.17) is 4.74 Å². The smallest absolute Gasteiger partial charge is 0.152 e. The van der Waals surface area contributed by atoms with Crippen LogP contribution >= 0.6 is 0 Å². The van der Waals surface area contributed by atoms with Gasteiger partial charge in [0, 0.05) is 17.1 Å². The van der Waals surface area contributed by atoms with E-state index in [0.717, 1.165) is 28.6 Å². The van der Waals surface area contributed by atoms with Gasteiger partial charge in [-0.3, -0.25) is 0 Å². The molecule has 0 aliphatic heterocycles. The summed E-state index contributed by atoms with van der Waals surface area (Å²) in [5.41, 5.74) is 2.19. The van der Waals surface area contributed by atoms with Crippen LogP contribution in [0.2, 0.25) is 0 Å². The number of fused-ring (bicyclic) bond motifs is 1. The first kappa shape index (κ1) is 14.9. The Morgan fingerprint density at radius 3 is 2.70 bits per heavy atom. The summed E-state index contributed by atoms with van der Waals surface area (Å²) >= 11 is 0. The minimum atomic E-state index is -2.95. The van der Waals surface area contributed by atoms with Crippen molar-refractivity contribution in [3.8, 4) is 5.75 Å². The minimum Gasteiger partial charge on any atom is -0.497 e. The lowest BCUT2D eigenvalue weighted by atomic mass is 10.1. The second-order valence-electron chi connectivity index (χ2n) is 5.24. The van der Waals surface area contributed by atoms with Gasteiger partial charge in [0.05, 0.1) is 18.1 Å². The number of aromatic nitrogens is 1. The van der Waals surface area contributed by atoms with Gasteiger partial charge in [-0.1, -0.05) is 0 Å². The van der Waals surface area contributed by atoms with Gasteiger partial charge in [0.2, 0.25) is 0 Å². The third-order valence-electron chi connectivity index (χ3n) is 3.57. The highest BCUT2D eigenvalue weighted by molar-refractivity contribution is 7.91. The van der Waals surface area contributed by atoms with E-state index in [2.05, 4.69) is 4.98 Å². The first-order valence-corrected chi connectivity index (χ1v) is 8.51. The van der Waals surface area contributed by atoms with Crippen LogP contribution in [0.4, 0.5) is 0 Å². The van der Waals surface area contributed by atoms with Crippen molar-refractivity contribution in [1.82, 2.24) is 4.98 Å². The molecule has 0 radical (unpaired) electrons. The van der Waals surface area contributed by atoms with Gasteiger partial charge in [-0.2, -0.15) is 0 Å². The third-order valence-corrected chi connectivity index (χ3v) is 5.86. The topological polar surface area (TPSA) is 59.2 Å². The van der Waals surface area contributed by atoms with Crippen LogP contribution < -0.4 is 4.74 Å². The predicted molar refractivity (Wildman–Crippen MR) is 82.1 cm³/mol. The van der Waals surface area contributed by atoms with E-state index in [-0.39, 0.29) is 11.0 Å². The Balaban J connectivity index is 2.11. The molecule has 0 aliphatic carbocycles. The fraction of sp³-hybridized carbons (Fsp3) is 0.467. The molecule has 0 spiro atoms. The molecule has 20 heavy (non-hydrogen) atoms. The van der Waals surface area contributed by atoms with Crippen molar-refractivity contribution in [3.63, 3.8) is 0 Å². The molecule has 2 aromatic rings. The normalized spacial score (nSPS) is 12.2. The summed E-state index contributed by atoms with van der Waals surface area (Å²) in [4.78, 5) is 3.20. The van der Waals surface area contributed by atoms with Crippen LogP contribution in [0.1, 0.15) is 25.8 Å². The van der Waals surface area contributed by atoms with E-state index >= 15 is 0 Å². The molecule has 4 nitrogen and oxygen atoms in total. The summed E-state index contributed by atoms with van der Waals surface area (Å²) in [7, 11) is -1.31. The van der Waals surface area contributed by atoms with Crippen LogP contribution in [0.15, 0.2) is 24.4 Å².